The zero-order chi connectivity index (χ0) is 21.9. The molecule has 3 aromatic carbocycles. The molecule has 0 aliphatic rings. The molecule has 0 spiro atoms. The van der Waals surface area contributed by atoms with E-state index in [0.29, 0.717) is 5.69 Å². The van der Waals surface area contributed by atoms with Gasteiger partial charge in [0.15, 0.2) is 0 Å². The Kier molecular flexibility index (Phi) is 5.84. The predicted octanol–water partition coefficient (Wildman–Crippen LogP) is 4.78. The summed E-state index contributed by atoms with van der Waals surface area (Å²) in [7, 11) is -2.51. The van der Waals surface area contributed by atoms with Crippen molar-refractivity contribution in [3.63, 3.8) is 0 Å². The number of benzene rings is 3. The van der Waals surface area contributed by atoms with Crippen molar-refractivity contribution in [1.29, 1.82) is 0 Å². The van der Waals surface area contributed by atoms with E-state index in [-0.39, 0.29) is 16.1 Å². The summed E-state index contributed by atoms with van der Waals surface area (Å²) < 4.78 is 64.8. The van der Waals surface area contributed by atoms with Gasteiger partial charge in [-0.05, 0) is 54.6 Å². The number of anilines is 2. The van der Waals surface area contributed by atoms with Crippen LogP contribution in [0.5, 0.6) is 0 Å². The molecule has 1 N–H and O–H groups in total. The van der Waals surface area contributed by atoms with Gasteiger partial charge in [-0.1, -0.05) is 24.3 Å². The van der Waals surface area contributed by atoms with Crippen LogP contribution in [-0.2, 0) is 16.2 Å². The molecule has 9 heteroatoms. The number of nitrogens with zero attached hydrogens (tertiary/aromatic N) is 1. The number of para-hydroxylation sites is 1. The minimum atomic E-state index is -4.48. The maximum absolute atomic E-state index is 12.9. The Hall–Kier alpha value is -3.33. The van der Waals surface area contributed by atoms with Crippen molar-refractivity contribution in [3.05, 3.63) is 90.0 Å². The molecule has 1 amide bonds. The number of hydrogen-bond acceptors (Lipinski definition) is 3. The van der Waals surface area contributed by atoms with Crippen molar-refractivity contribution in [2.45, 2.75) is 11.1 Å². The summed E-state index contributed by atoms with van der Waals surface area (Å²) in [5.41, 5.74) is -0.172. The molecule has 3 rings (SSSR count). The standard InChI is InChI=1S/C21H17F3N2O3S/c1-26(18-7-3-2-4-8-18)30(28,29)19-9-5-6-15(14-19)20(27)25-17-12-10-16(11-13-17)21(22,23)24/h2-14H,1H3,(H,25,27). The monoisotopic (exact) mass is 434 g/mol. The second kappa shape index (κ2) is 8.19. The topological polar surface area (TPSA) is 66.5 Å². The van der Waals surface area contributed by atoms with Crippen LogP contribution in [0.3, 0.4) is 0 Å². The van der Waals surface area contributed by atoms with Gasteiger partial charge in [0.25, 0.3) is 15.9 Å². The highest BCUT2D eigenvalue weighted by Gasteiger charge is 2.30. The van der Waals surface area contributed by atoms with Gasteiger partial charge in [0.1, 0.15) is 0 Å². The molecule has 0 aromatic heterocycles. The van der Waals surface area contributed by atoms with Gasteiger partial charge in [-0.15, -0.1) is 0 Å². The zero-order valence-corrected chi connectivity index (χ0v) is 16.5. The molecular formula is C21H17F3N2O3S. The van der Waals surface area contributed by atoms with Crippen LogP contribution in [0.4, 0.5) is 24.5 Å². The molecule has 0 saturated heterocycles. The first-order valence-electron chi connectivity index (χ1n) is 8.72. The first-order valence-corrected chi connectivity index (χ1v) is 10.2. The van der Waals surface area contributed by atoms with Gasteiger partial charge >= 0.3 is 6.18 Å². The molecule has 0 saturated carbocycles. The molecule has 156 valence electrons. The number of alkyl halides is 3. The highest BCUT2D eigenvalue weighted by molar-refractivity contribution is 7.92. The fourth-order valence-corrected chi connectivity index (χ4v) is 3.92. The lowest BCUT2D eigenvalue weighted by molar-refractivity contribution is -0.137. The van der Waals surface area contributed by atoms with Gasteiger partial charge in [-0.25, -0.2) is 8.42 Å². The van der Waals surface area contributed by atoms with Crippen LogP contribution in [0.25, 0.3) is 0 Å². The third kappa shape index (κ3) is 4.62. The molecule has 0 bridgehead atoms. The number of nitrogens with one attached hydrogen (secondary N) is 1. The predicted molar refractivity (Wildman–Crippen MR) is 108 cm³/mol. The van der Waals surface area contributed by atoms with Crippen molar-refractivity contribution < 1.29 is 26.4 Å². The van der Waals surface area contributed by atoms with E-state index < -0.39 is 27.7 Å². The molecule has 0 heterocycles. The van der Waals surface area contributed by atoms with Crippen LogP contribution in [-0.4, -0.2) is 21.4 Å². The number of halogens is 3. The average Bonchev–Trinajstić information content (AvgIpc) is 2.73. The van der Waals surface area contributed by atoms with Crippen LogP contribution in [0.2, 0.25) is 0 Å². The van der Waals surface area contributed by atoms with Crippen molar-refractivity contribution in [2.24, 2.45) is 0 Å². The van der Waals surface area contributed by atoms with Crippen LogP contribution < -0.4 is 9.62 Å². The van der Waals surface area contributed by atoms with E-state index in [1.807, 2.05) is 0 Å². The van der Waals surface area contributed by atoms with Crippen LogP contribution in [0, 0.1) is 0 Å². The van der Waals surface area contributed by atoms with Gasteiger partial charge in [-0.3, -0.25) is 9.10 Å². The summed E-state index contributed by atoms with van der Waals surface area (Å²) in [5, 5.41) is 2.46. The largest absolute Gasteiger partial charge is 0.416 e. The molecule has 0 unspecified atom stereocenters. The molecule has 3 aromatic rings. The van der Waals surface area contributed by atoms with Crippen molar-refractivity contribution >= 4 is 27.3 Å². The maximum atomic E-state index is 12.9. The first kappa shape index (κ1) is 21.4. The van der Waals surface area contributed by atoms with Gasteiger partial charge in [0.05, 0.1) is 16.1 Å². The Morgan fingerprint density at radius 3 is 2.13 bits per heavy atom. The van der Waals surface area contributed by atoms with Gasteiger partial charge in [-0.2, -0.15) is 13.2 Å². The zero-order valence-electron chi connectivity index (χ0n) is 15.7. The lowest BCUT2D eigenvalue weighted by atomic mass is 10.2. The van der Waals surface area contributed by atoms with E-state index in [4.69, 9.17) is 0 Å². The van der Waals surface area contributed by atoms with Crippen molar-refractivity contribution in [2.75, 3.05) is 16.7 Å². The molecule has 5 nitrogen and oxygen atoms in total. The third-order valence-corrected chi connectivity index (χ3v) is 6.13. The van der Waals surface area contributed by atoms with E-state index in [1.165, 1.54) is 31.3 Å². The fraction of sp³-hybridized carbons (Fsp3) is 0.0952. The van der Waals surface area contributed by atoms with Gasteiger partial charge in [0.2, 0.25) is 0 Å². The minimum absolute atomic E-state index is 0.0532. The number of amides is 1. The first-order chi connectivity index (χ1) is 14.1. The third-order valence-electron chi connectivity index (χ3n) is 4.34. The summed E-state index contributed by atoms with van der Waals surface area (Å²) in [6, 6.07) is 17.8. The second-order valence-electron chi connectivity index (χ2n) is 6.37. The smallest absolute Gasteiger partial charge is 0.322 e. The Morgan fingerprint density at radius 2 is 1.53 bits per heavy atom. The number of sulfonamides is 1. The quantitative estimate of drug-likeness (QED) is 0.628. The summed E-state index contributed by atoms with van der Waals surface area (Å²) in [6.45, 7) is 0. The van der Waals surface area contributed by atoms with Gasteiger partial charge in [0, 0.05) is 18.3 Å². The summed E-state index contributed by atoms with van der Waals surface area (Å²) in [6.07, 6.45) is -4.48. The Labute approximate surface area is 171 Å². The maximum Gasteiger partial charge on any atom is 0.416 e. The average molecular weight is 434 g/mol. The summed E-state index contributed by atoms with van der Waals surface area (Å²) in [4.78, 5) is 12.4. The number of rotatable bonds is 5. The lowest BCUT2D eigenvalue weighted by Gasteiger charge is -2.19. The fourth-order valence-electron chi connectivity index (χ4n) is 2.68. The normalized spacial score (nSPS) is 11.7. The Morgan fingerprint density at radius 1 is 0.900 bits per heavy atom. The molecule has 0 radical (unpaired) electrons. The molecule has 0 atom stereocenters. The molecule has 0 fully saturated rings. The van der Waals surface area contributed by atoms with Crippen LogP contribution in [0.15, 0.2) is 83.8 Å². The van der Waals surface area contributed by atoms with E-state index in [2.05, 4.69) is 5.32 Å². The van der Waals surface area contributed by atoms with E-state index in [0.717, 1.165) is 28.6 Å². The Bertz CT molecular complexity index is 1150. The molecular weight excluding hydrogens is 417 g/mol. The van der Waals surface area contributed by atoms with Crippen molar-refractivity contribution in [1.82, 2.24) is 0 Å². The second-order valence-corrected chi connectivity index (χ2v) is 8.33. The van der Waals surface area contributed by atoms with Gasteiger partial charge < -0.3 is 5.32 Å². The summed E-state index contributed by atoms with van der Waals surface area (Å²) in [5.74, 6) is -0.644. The van der Waals surface area contributed by atoms with Crippen LogP contribution >= 0.6 is 0 Å². The summed E-state index contributed by atoms with van der Waals surface area (Å²) >= 11 is 0. The highest BCUT2D eigenvalue weighted by atomic mass is 32.2. The van der Waals surface area contributed by atoms with Crippen LogP contribution in [0.1, 0.15) is 15.9 Å². The molecule has 0 aliphatic heterocycles. The van der Waals surface area contributed by atoms with E-state index in [1.54, 1.807) is 30.3 Å². The number of carbonyl (C=O) groups is 1. The Balaban J connectivity index is 1.82. The molecule has 0 aliphatic carbocycles. The van der Waals surface area contributed by atoms with E-state index in [9.17, 15) is 26.4 Å². The highest BCUT2D eigenvalue weighted by Crippen LogP contribution is 2.30. The SMILES string of the molecule is CN(c1ccccc1)S(=O)(=O)c1cccc(C(=O)Nc2ccc(C(F)(F)F)cc2)c1. The lowest BCUT2D eigenvalue weighted by Crippen LogP contribution is -2.26. The van der Waals surface area contributed by atoms with E-state index >= 15 is 0 Å². The number of carbonyl (C=O) groups excluding carboxylic acids is 1. The minimum Gasteiger partial charge on any atom is -0.322 e. The number of hydrogen-bond donors (Lipinski definition) is 1. The van der Waals surface area contributed by atoms with Crippen molar-refractivity contribution in [3.8, 4) is 0 Å². The molecule has 30 heavy (non-hydrogen) atoms.